The van der Waals surface area contributed by atoms with Gasteiger partial charge in [0.1, 0.15) is 28.0 Å². The third kappa shape index (κ3) is 4.81. The maximum atomic E-state index is 6.49. The van der Waals surface area contributed by atoms with Crippen LogP contribution in [0.4, 0.5) is 0 Å². The second kappa shape index (κ2) is 10.2. The number of ether oxygens (including phenoxy) is 2. The zero-order chi connectivity index (χ0) is 21.6. The quantitative estimate of drug-likeness (QED) is 0.292. The summed E-state index contributed by atoms with van der Waals surface area (Å²) < 4.78 is 25.3. The van der Waals surface area contributed by atoms with Crippen LogP contribution < -0.4 is 9.47 Å². The summed E-state index contributed by atoms with van der Waals surface area (Å²) in [6, 6.07) is 22.3. The molecule has 0 N–H and O–H groups in total. The Bertz CT molecular complexity index is 1170. The van der Waals surface area contributed by atoms with E-state index in [2.05, 4.69) is 12.1 Å². The van der Waals surface area contributed by atoms with Crippen molar-refractivity contribution in [3.63, 3.8) is 0 Å². The lowest BCUT2D eigenvalue weighted by Crippen LogP contribution is -1.99. The van der Waals surface area contributed by atoms with Crippen LogP contribution >= 0.6 is 8.01 Å². The van der Waals surface area contributed by atoms with Gasteiger partial charge in [0.05, 0.1) is 13.2 Å². The summed E-state index contributed by atoms with van der Waals surface area (Å²) in [5.41, 5.74) is 1.65. The average Bonchev–Trinajstić information content (AvgIpc) is 3.00. The van der Waals surface area contributed by atoms with E-state index in [0.29, 0.717) is 6.61 Å². The molecule has 1 aromatic heterocycles. The predicted octanol–water partition coefficient (Wildman–Crippen LogP) is 8.78. The van der Waals surface area contributed by atoms with Gasteiger partial charge in [0, 0.05) is 16.8 Å². The van der Waals surface area contributed by atoms with Gasteiger partial charge in [0.2, 0.25) is 0 Å². The number of para-hydroxylation sites is 2. The molecule has 6 rings (SSSR count). The van der Waals surface area contributed by atoms with Gasteiger partial charge in [-0.15, -0.1) is 0 Å². The summed E-state index contributed by atoms with van der Waals surface area (Å²) in [7, 11) is -1.44. The summed E-state index contributed by atoms with van der Waals surface area (Å²) in [6.45, 7) is 1.43. The fraction of sp³-hybridized carbons (Fsp3) is 0.333. The summed E-state index contributed by atoms with van der Waals surface area (Å²) in [6.07, 6.45) is 8.39. The predicted molar refractivity (Wildman–Crippen MR) is 131 cm³/mol. The molecule has 2 aliphatic rings. The molecule has 166 valence electrons. The molecule has 0 aliphatic carbocycles. The van der Waals surface area contributed by atoms with Crippen LogP contribution in [0.3, 0.4) is 0 Å². The van der Waals surface area contributed by atoms with Crippen molar-refractivity contribution in [2.45, 2.75) is 44.9 Å². The number of rotatable bonds is 1. The van der Waals surface area contributed by atoms with Gasteiger partial charge in [-0.2, -0.15) is 0 Å². The molecular weight excluding hydrogens is 419 g/mol. The van der Waals surface area contributed by atoms with E-state index in [-0.39, 0.29) is 0 Å². The zero-order valence-corrected chi connectivity index (χ0v) is 19.2. The first-order chi connectivity index (χ1) is 15.9. The maximum Gasteiger partial charge on any atom is 0.256 e. The normalized spacial score (nSPS) is 15.5. The molecule has 3 aromatic carbocycles. The van der Waals surface area contributed by atoms with E-state index in [1.807, 2.05) is 54.6 Å². The zero-order valence-electron chi connectivity index (χ0n) is 18.3. The first kappa shape index (κ1) is 21.0. The van der Waals surface area contributed by atoms with Crippen molar-refractivity contribution in [3.8, 4) is 16.8 Å². The van der Waals surface area contributed by atoms with Crippen molar-refractivity contribution in [2.24, 2.45) is 0 Å². The fourth-order valence-corrected chi connectivity index (χ4v) is 5.61. The Hall–Kier alpha value is -2.84. The van der Waals surface area contributed by atoms with Gasteiger partial charge >= 0.3 is 0 Å². The van der Waals surface area contributed by atoms with E-state index in [0.717, 1.165) is 58.2 Å². The molecule has 0 amide bonds. The minimum Gasteiger partial charge on any atom is -0.494 e. The molecule has 2 bridgehead atoms. The van der Waals surface area contributed by atoms with Gasteiger partial charge in [0.25, 0.3) is 8.01 Å². The number of benzene rings is 3. The van der Waals surface area contributed by atoms with Crippen LogP contribution in [0.1, 0.15) is 44.9 Å². The van der Waals surface area contributed by atoms with Gasteiger partial charge in [-0.1, -0.05) is 68.5 Å². The highest BCUT2D eigenvalue weighted by Crippen LogP contribution is 2.48. The molecular formula is C27H29O4P. The van der Waals surface area contributed by atoms with Crippen LogP contribution in [-0.4, -0.2) is 13.2 Å². The number of hydrogen-bond donors (Lipinski definition) is 0. The average molecular weight is 448 g/mol. The van der Waals surface area contributed by atoms with Gasteiger partial charge in [-0.05, 0) is 37.1 Å². The van der Waals surface area contributed by atoms with Crippen LogP contribution in [0.25, 0.3) is 27.2 Å². The Labute approximate surface area is 189 Å². The number of hydrogen-bond acceptors (Lipinski definition) is 4. The van der Waals surface area contributed by atoms with Crippen molar-refractivity contribution >= 4 is 30.0 Å². The van der Waals surface area contributed by atoms with Gasteiger partial charge < -0.3 is 17.9 Å². The van der Waals surface area contributed by atoms with Crippen molar-refractivity contribution in [1.82, 2.24) is 0 Å². The molecule has 32 heavy (non-hydrogen) atoms. The Morgan fingerprint density at radius 2 is 1.12 bits per heavy atom. The van der Waals surface area contributed by atoms with Crippen LogP contribution in [0, 0.1) is 0 Å². The highest BCUT2D eigenvalue weighted by molar-refractivity contribution is 7.45. The molecule has 2 aliphatic heterocycles. The summed E-state index contributed by atoms with van der Waals surface area (Å²) >= 11 is 0. The molecule has 0 fully saturated rings. The lowest BCUT2D eigenvalue weighted by atomic mass is 10.1. The highest BCUT2D eigenvalue weighted by Gasteiger charge is 2.15. The molecule has 0 atom stereocenters. The van der Waals surface area contributed by atoms with E-state index < -0.39 is 8.01 Å². The second-order valence-corrected chi connectivity index (χ2v) is 9.59. The van der Waals surface area contributed by atoms with Crippen molar-refractivity contribution in [1.29, 1.82) is 0 Å². The molecule has 0 radical (unpaired) electrons. The van der Waals surface area contributed by atoms with Crippen LogP contribution in [0.15, 0.2) is 75.1 Å². The van der Waals surface area contributed by atoms with E-state index >= 15 is 0 Å². The highest BCUT2D eigenvalue weighted by atomic mass is 31.1. The lowest BCUT2D eigenvalue weighted by molar-refractivity contribution is 0.302. The monoisotopic (exact) mass is 448 g/mol. The molecule has 4 aromatic rings. The molecule has 0 saturated heterocycles. The summed E-state index contributed by atoms with van der Waals surface area (Å²) in [4.78, 5) is 0. The second-order valence-electron chi connectivity index (χ2n) is 8.23. The van der Waals surface area contributed by atoms with E-state index in [1.165, 1.54) is 32.1 Å². The summed E-state index contributed by atoms with van der Waals surface area (Å²) in [5.74, 6) is 1.65. The first-order valence-corrected chi connectivity index (χ1v) is 12.8. The third-order valence-corrected chi connectivity index (χ3v) is 7.34. The largest absolute Gasteiger partial charge is 0.494 e. The lowest BCUT2D eigenvalue weighted by Gasteiger charge is -2.12. The van der Waals surface area contributed by atoms with E-state index in [1.54, 1.807) is 0 Å². The minimum atomic E-state index is -1.44. The Kier molecular flexibility index (Phi) is 6.69. The smallest absolute Gasteiger partial charge is 0.256 e. The Morgan fingerprint density at radius 1 is 0.562 bits per heavy atom. The summed E-state index contributed by atoms with van der Waals surface area (Å²) in [5, 5.41) is 3.00. The molecule has 0 unspecified atom stereocenters. The van der Waals surface area contributed by atoms with Crippen LogP contribution in [0.5, 0.6) is 11.5 Å². The Morgan fingerprint density at radius 3 is 1.78 bits per heavy atom. The fourth-order valence-electron chi connectivity index (χ4n) is 4.14. The molecule has 5 heteroatoms. The van der Waals surface area contributed by atoms with Gasteiger partial charge in [0.15, 0.2) is 0 Å². The van der Waals surface area contributed by atoms with E-state index in [4.69, 9.17) is 17.9 Å². The molecule has 3 heterocycles. The van der Waals surface area contributed by atoms with Gasteiger partial charge in [-0.25, -0.2) is 0 Å². The van der Waals surface area contributed by atoms with Crippen LogP contribution in [0.2, 0.25) is 0 Å². The maximum absolute atomic E-state index is 6.49. The third-order valence-electron chi connectivity index (χ3n) is 5.87. The molecule has 0 saturated carbocycles. The minimum absolute atomic E-state index is 0.698. The standard InChI is InChI=1S/C27H29O4P/c1-2-4-10-18-28-21-16-17-26(29-19-11-5-3-1)27(20-21)32-30-24-14-8-6-12-22(24)23-13-7-9-15-25(23)31-32/h6-9,12-17,20H,1-5,10-11,18-19H2. The van der Waals surface area contributed by atoms with E-state index in [9.17, 15) is 0 Å². The SMILES string of the molecule is c1ccc2c(c1)op(-c1cc3ccc1OCCCCCCCCCO3)oc1ccccc12. The van der Waals surface area contributed by atoms with Gasteiger partial charge in [-0.3, -0.25) is 0 Å². The van der Waals surface area contributed by atoms with Crippen LogP contribution in [-0.2, 0) is 0 Å². The van der Waals surface area contributed by atoms with Crippen molar-refractivity contribution in [3.05, 3.63) is 66.7 Å². The molecule has 4 nitrogen and oxygen atoms in total. The van der Waals surface area contributed by atoms with Crippen molar-refractivity contribution < 1.29 is 17.9 Å². The molecule has 0 spiro atoms. The number of fused-ring (bicyclic) bond motifs is 15. The Balaban J connectivity index is 1.64. The topological polar surface area (TPSA) is 44.7 Å². The first-order valence-electron chi connectivity index (χ1n) is 11.6. The van der Waals surface area contributed by atoms with Crippen molar-refractivity contribution in [2.75, 3.05) is 13.2 Å².